The first-order valence-electron chi connectivity index (χ1n) is 7.55. The van der Waals surface area contributed by atoms with Gasteiger partial charge in [-0.2, -0.15) is 0 Å². The molecule has 1 aliphatic rings. The van der Waals surface area contributed by atoms with E-state index in [-0.39, 0.29) is 5.91 Å². The summed E-state index contributed by atoms with van der Waals surface area (Å²) >= 11 is 14.4. The maximum absolute atomic E-state index is 11.9. The maximum Gasteiger partial charge on any atom is 0.325 e. The van der Waals surface area contributed by atoms with Gasteiger partial charge >= 0.3 is 6.03 Å². The number of carbonyl (C=O) groups is 2. The van der Waals surface area contributed by atoms with Gasteiger partial charge in [-0.15, -0.1) is 11.3 Å². The van der Waals surface area contributed by atoms with E-state index in [1.54, 1.807) is 20.0 Å². The number of hydrogen-bond acceptors (Lipinski definition) is 6. The Kier molecular flexibility index (Phi) is 5.57. The zero-order valence-corrected chi connectivity index (χ0v) is 18.5. The number of nitrogens with zero attached hydrogens (tertiary/aromatic N) is 3. The van der Waals surface area contributed by atoms with Gasteiger partial charge < -0.3 is 10.2 Å². The van der Waals surface area contributed by atoms with Crippen LogP contribution in [0.4, 0.5) is 10.7 Å². The zero-order chi connectivity index (χ0) is 19.1. The lowest BCUT2D eigenvalue weighted by atomic mass is 10.0. The van der Waals surface area contributed by atoms with Crippen LogP contribution in [0.25, 0.3) is 10.6 Å². The van der Waals surface area contributed by atoms with Crippen molar-refractivity contribution in [1.29, 1.82) is 0 Å². The molecule has 26 heavy (non-hydrogen) atoms. The highest BCUT2D eigenvalue weighted by molar-refractivity contribution is 9.11. The van der Waals surface area contributed by atoms with E-state index in [1.807, 2.05) is 6.07 Å². The largest absolute Gasteiger partial charge is 0.352 e. The Hall–Kier alpha value is -1.23. The zero-order valence-electron chi connectivity index (χ0n) is 13.8. The highest BCUT2D eigenvalue weighted by Gasteiger charge is 2.44. The third kappa shape index (κ3) is 3.73. The first-order chi connectivity index (χ1) is 12.2. The molecule has 0 saturated carbocycles. The van der Waals surface area contributed by atoms with Crippen molar-refractivity contribution in [3.8, 4) is 10.6 Å². The number of rotatable bonds is 5. The van der Waals surface area contributed by atoms with Crippen molar-refractivity contribution in [1.82, 2.24) is 20.2 Å². The average Bonchev–Trinajstić information content (AvgIpc) is 2.99. The average molecular weight is 524 g/mol. The first kappa shape index (κ1) is 19.5. The Bertz CT molecular complexity index is 869. The second kappa shape index (κ2) is 7.41. The van der Waals surface area contributed by atoms with E-state index in [1.165, 1.54) is 16.2 Å². The van der Waals surface area contributed by atoms with Crippen LogP contribution in [0.15, 0.2) is 21.2 Å². The molecule has 3 amide bonds. The van der Waals surface area contributed by atoms with E-state index in [0.29, 0.717) is 23.4 Å². The molecule has 2 aromatic rings. The SMILES string of the molecule is CC1(C)C(=O)NC(=O)N1CCNc1ncc(Br)c(-c2cc(Br)c(Cl)s2)n1. The highest BCUT2D eigenvalue weighted by atomic mass is 79.9. The van der Waals surface area contributed by atoms with E-state index in [2.05, 4.69) is 52.5 Å². The van der Waals surface area contributed by atoms with Crippen molar-refractivity contribution in [2.75, 3.05) is 18.4 Å². The fraction of sp³-hybridized carbons (Fsp3) is 0.333. The fourth-order valence-electron chi connectivity index (χ4n) is 2.44. The first-order valence-corrected chi connectivity index (χ1v) is 10.3. The molecule has 0 unspecified atom stereocenters. The van der Waals surface area contributed by atoms with Gasteiger partial charge in [-0.1, -0.05) is 11.6 Å². The van der Waals surface area contributed by atoms with Crippen molar-refractivity contribution in [2.45, 2.75) is 19.4 Å². The van der Waals surface area contributed by atoms with Crippen molar-refractivity contribution < 1.29 is 9.59 Å². The van der Waals surface area contributed by atoms with Gasteiger partial charge in [-0.3, -0.25) is 10.1 Å². The molecule has 1 fully saturated rings. The summed E-state index contributed by atoms with van der Waals surface area (Å²) in [6.07, 6.45) is 1.65. The molecule has 11 heteroatoms. The Balaban J connectivity index is 1.70. The Morgan fingerprint density at radius 2 is 2.08 bits per heavy atom. The van der Waals surface area contributed by atoms with Crippen LogP contribution in [0.5, 0.6) is 0 Å². The van der Waals surface area contributed by atoms with Crippen molar-refractivity contribution in [3.05, 3.63) is 25.5 Å². The number of hydrogen-bond donors (Lipinski definition) is 2. The monoisotopic (exact) mass is 521 g/mol. The predicted octanol–water partition coefficient (Wildman–Crippen LogP) is 4.13. The molecule has 138 valence electrons. The van der Waals surface area contributed by atoms with Crippen molar-refractivity contribution >= 4 is 72.7 Å². The number of urea groups is 1. The van der Waals surface area contributed by atoms with Gasteiger partial charge in [-0.05, 0) is 51.8 Å². The summed E-state index contributed by atoms with van der Waals surface area (Å²) in [5, 5.41) is 5.41. The second-order valence-electron chi connectivity index (χ2n) is 6.02. The standard InChI is InChI=1S/C15H14Br2ClN5O2S/c1-15(2)12(24)22-14(25)23(15)4-3-19-13-20-6-8(17)10(21-13)9-5-7(16)11(18)26-9/h5-6H,3-4H2,1-2H3,(H,19,20,21)(H,22,24,25). The van der Waals surface area contributed by atoms with Gasteiger partial charge in [0.25, 0.3) is 5.91 Å². The molecular weight excluding hydrogens is 510 g/mol. The number of nitrogens with one attached hydrogen (secondary N) is 2. The molecule has 0 spiro atoms. The van der Waals surface area contributed by atoms with Gasteiger partial charge in [0.1, 0.15) is 15.6 Å². The minimum Gasteiger partial charge on any atom is -0.352 e. The van der Waals surface area contributed by atoms with Gasteiger partial charge in [0.05, 0.1) is 9.35 Å². The van der Waals surface area contributed by atoms with Crippen LogP contribution in [0.2, 0.25) is 4.34 Å². The number of imide groups is 1. The van der Waals surface area contributed by atoms with E-state index in [9.17, 15) is 9.59 Å². The second-order valence-corrected chi connectivity index (χ2v) is 9.38. The highest BCUT2D eigenvalue weighted by Crippen LogP contribution is 2.39. The summed E-state index contributed by atoms with van der Waals surface area (Å²) < 4.78 is 2.21. The Labute approximate surface area is 175 Å². The van der Waals surface area contributed by atoms with Crippen molar-refractivity contribution in [3.63, 3.8) is 0 Å². The predicted molar refractivity (Wildman–Crippen MR) is 109 cm³/mol. The molecule has 3 heterocycles. The number of anilines is 1. The number of amides is 3. The van der Waals surface area contributed by atoms with Gasteiger partial charge in [-0.25, -0.2) is 14.8 Å². The molecule has 3 rings (SSSR count). The molecule has 1 aliphatic heterocycles. The lowest BCUT2D eigenvalue weighted by Crippen LogP contribution is -2.46. The number of carbonyl (C=O) groups excluding carboxylic acids is 2. The number of aromatic nitrogens is 2. The summed E-state index contributed by atoms with van der Waals surface area (Å²) in [6, 6.07) is 1.50. The lowest BCUT2D eigenvalue weighted by Gasteiger charge is -2.27. The Morgan fingerprint density at radius 1 is 1.35 bits per heavy atom. The topological polar surface area (TPSA) is 87.2 Å². The molecule has 0 atom stereocenters. The normalized spacial score (nSPS) is 16.1. The van der Waals surface area contributed by atoms with Gasteiger partial charge in [0, 0.05) is 23.8 Å². The minimum atomic E-state index is -0.871. The molecule has 1 saturated heterocycles. The quantitative estimate of drug-likeness (QED) is 0.576. The molecule has 2 N–H and O–H groups in total. The summed E-state index contributed by atoms with van der Waals surface area (Å²) in [5.74, 6) is 0.123. The van der Waals surface area contributed by atoms with Crippen LogP contribution in [-0.4, -0.2) is 45.4 Å². The molecule has 0 bridgehead atoms. The third-order valence-corrected chi connectivity index (χ3v) is 7.00. The summed E-state index contributed by atoms with van der Waals surface area (Å²) in [5.41, 5.74) is -0.153. The summed E-state index contributed by atoms with van der Waals surface area (Å²) in [6.45, 7) is 4.16. The van der Waals surface area contributed by atoms with Crippen LogP contribution >= 0.6 is 54.8 Å². The lowest BCUT2D eigenvalue weighted by molar-refractivity contribution is -0.125. The van der Waals surface area contributed by atoms with E-state index >= 15 is 0 Å². The fourth-order valence-corrected chi connectivity index (χ4v) is 4.68. The van der Waals surface area contributed by atoms with Crippen LogP contribution in [0, 0.1) is 0 Å². The van der Waals surface area contributed by atoms with E-state index in [0.717, 1.165) is 19.5 Å². The smallest absolute Gasteiger partial charge is 0.325 e. The summed E-state index contributed by atoms with van der Waals surface area (Å²) in [4.78, 5) is 34.8. The molecule has 7 nitrogen and oxygen atoms in total. The summed E-state index contributed by atoms with van der Waals surface area (Å²) in [7, 11) is 0. The Morgan fingerprint density at radius 3 is 2.65 bits per heavy atom. The maximum atomic E-state index is 11.9. The van der Waals surface area contributed by atoms with Gasteiger partial charge in [0.15, 0.2) is 0 Å². The van der Waals surface area contributed by atoms with Crippen LogP contribution in [0.3, 0.4) is 0 Å². The minimum absolute atomic E-state index is 0.301. The molecule has 0 radical (unpaired) electrons. The molecule has 2 aromatic heterocycles. The molecule has 0 aliphatic carbocycles. The van der Waals surface area contributed by atoms with Crippen LogP contribution < -0.4 is 10.6 Å². The van der Waals surface area contributed by atoms with E-state index < -0.39 is 11.6 Å². The third-order valence-electron chi connectivity index (χ3n) is 3.94. The molecular formula is C15H14Br2ClN5O2S. The van der Waals surface area contributed by atoms with Crippen molar-refractivity contribution in [2.24, 2.45) is 0 Å². The van der Waals surface area contributed by atoms with E-state index in [4.69, 9.17) is 11.6 Å². The van der Waals surface area contributed by atoms with Crippen LogP contribution in [-0.2, 0) is 4.79 Å². The molecule has 0 aromatic carbocycles. The van der Waals surface area contributed by atoms with Gasteiger partial charge in [0.2, 0.25) is 5.95 Å². The number of thiophene rings is 1. The van der Waals surface area contributed by atoms with Crippen LogP contribution in [0.1, 0.15) is 13.8 Å². The number of halogens is 3.